The topological polar surface area (TPSA) is 65.2 Å². The second kappa shape index (κ2) is 10.7. The Kier molecular flexibility index (Phi) is 8.00. The number of piperidine rings is 1. The molecule has 1 aliphatic heterocycles. The van der Waals surface area contributed by atoms with Crippen LogP contribution in [0.3, 0.4) is 0 Å². The van der Waals surface area contributed by atoms with Gasteiger partial charge in [0.25, 0.3) is 0 Å². The zero-order valence-electron chi connectivity index (χ0n) is 18.2. The lowest BCUT2D eigenvalue weighted by Crippen LogP contribution is -2.33. The van der Waals surface area contributed by atoms with Gasteiger partial charge in [0.15, 0.2) is 0 Å². The number of unbranched alkanes of at least 4 members (excludes halogenated alkanes) is 2. The molecule has 0 bridgehead atoms. The van der Waals surface area contributed by atoms with E-state index in [0.29, 0.717) is 23.9 Å². The van der Waals surface area contributed by atoms with Gasteiger partial charge >= 0.3 is 0 Å². The molecular formula is C24H31Cl2N3O2S. The van der Waals surface area contributed by atoms with Crippen molar-refractivity contribution in [3.05, 3.63) is 58.1 Å². The number of para-hydroxylation sites is 1. The summed E-state index contributed by atoms with van der Waals surface area (Å²) in [6, 6.07) is 8.54. The Hall–Kier alpha value is -1.31. The summed E-state index contributed by atoms with van der Waals surface area (Å²) >= 11 is 12.0. The predicted molar refractivity (Wildman–Crippen MR) is 134 cm³/mol. The number of benzene rings is 1. The average Bonchev–Trinajstić information content (AvgIpc) is 3.22. The summed E-state index contributed by atoms with van der Waals surface area (Å²) in [4.78, 5) is 6.16. The molecule has 1 atom stereocenters. The number of sulfonamides is 1. The number of hydrogen-bond acceptors (Lipinski definition) is 3. The van der Waals surface area contributed by atoms with Crippen LogP contribution in [0.25, 0.3) is 10.9 Å². The highest BCUT2D eigenvalue weighted by molar-refractivity contribution is 7.93. The summed E-state index contributed by atoms with van der Waals surface area (Å²) in [5, 5.41) is 1.41. The number of likely N-dealkylation sites (tertiary alicyclic amines) is 1. The molecule has 2 heterocycles. The molecule has 0 spiro atoms. The minimum absolute atomic E-state index is 0.220. The minimum atomic E-state index is -3.51. The van der Waals surface area contributed by atoms with Gasteiger partial charge in [-0.3, -0.25) is 0 Å². The molecule has 8 heteroatoms. The van der Waals surface area contributed by atoms with E-state index in [2.05, 4.69) is 45.1 Å². The maximum atomic E-state index is 12.4. The predicted octanol–water partition coefficient (Wildman–Crippen LogP) is 5.45. The molecule has 32 heavy (non-hydrogen) atoms. The van der Waals surface area contributed by atoms with Gasteiger partial charge < -0.3 is 9.88 Å². The Morgan fingerprint density at radius 1 is 1.12 bits per heavy atom. The maximum absolute atomic E-state index is 12.4. The third kappa shape index (κ3) is 5.78. The van der Waals surface area contributed by atoms with Crippen molar-refractivity contribution in [1.29, 1.82) is 0 Å². The van der Waals surface area contributed by atoms with Crippen molar-refractivity contribution in [2.75, 3.05) is 26.2 Å². The Labute approximate surface area is 200 Å². The van der Waals surface area contributed by atoms with Crippen molar-refractivity contribution >= 4 is 44.1 Å². The van der Waals surface area contributed by atoms with E-state index in [1.165, 1.54) is 35.4 Å². The minimum Gasteiger partial charge on any atom is -0.361 e. The number of halogens is 2. The molecule has 1 saturated heterocycles. The van der Waals surface area contributed by atoms with Crippen LogP contribution in [0.4, 0.5) is 0 Å². The van der Waals surface area contributed by atoms with Gasteiger partial charge in [0.05, 0.1) is 10.3 Å². The first kappa shape index (κ1) is 23.8. The van der Waals surface area contributed by atoms with Gasteiger partial charge in [0.2, 0.25) is 10.0 Å². The number of aromatic amines is 1. The Morgan fingerprint density at radius 2 is 1.91 bits per heavy atom. The number of allylic oxidation sites excluding steroid dienone is 3. The van der Waals surface area contributed by atoms with Crippen LogP contribution in [0, 0.1) is 0 Å². The number of fused-ring (bicyclic) bond motifs is 1. The molecule has 0 amide bonds. The van der Waals surface area contributed by atoms with Crippen molar-refractivity contribution in [2.45, 2.75) is 49.8 Å². The fourth-order valence-corrected chi connectivity index (χ4v) is 6.23. The molecular weight excluding hydrogens is 465 g/mol. The van der Waals surface area contributed by atoms with Crippen molar-refractivity contribution in [3.8, 4) is 0 Å². The Bertz CT molecular complexity index is 1090. The highest BCUT2D eigenvalue weighted by atomic mass is 35.5. The summed E-state index contributed by atoms with van der Waals surface area (Å²) in [6.07, 6.45) is 11.0. The fourth-order valence-electron chi connectivity index (χ4n) is 4.63. The van der Waals surface area contributed by atoms with Crippen LogP contribution >= 0.6 is 23.2 Å². The molecule has 1 aliphatic carbocycles. The fraction of sp³-hybridized carbons (Fsp3) is 0.500. The highest BCUT2D eigenvalue weighted by Crippen LogP contribution is 2.33. The zero-order chi connectivity index (χ0) is 22.6. The molecule has 4 rings (SSSR count). The number of H-pyrrole nitrogens is 1. The quantitative estimate of drug-likeness (QED) is 0.358. The molecule has 174 valence electrons. The van der Waals surface area contributed by atoms with E-state index in [9.17, 15) is 8.42 Å². The van der Waals surface area contributed by atoms with Crippen LogP contribution < -0.4 is 4.72 Å². The normalized spacial score (nSPS) is 21.0. The van der Waals surface area contributed by atoms with Gasteiger partial charge in [-0.25, -0.2) is 13.1 Å². The van der Waals surface area contributed by atoms with Gasteiger partial charge in [0.1, 0.15) is 0 Å². The monoisotopic (exact) mass is 495 g/mol. The van der Waals surface area contributed by atoms with E-state index in [-0.39, 0.29) is 10.3 Å². The summed E-state index contributed by atoms with van der Waals surface area (Å²) < 4.78 is 27.5. The second-order valence-corrected chi connectivity index (χ2v) is 11.4. The van der Waals surface area contributed by atoms with Crippen LogP contribution in [0.2, 0.25) is 0 Å². The molecule has 1 aromatic carbocycles. The summed E-state index contributed by atoms with van der Waals surface area (Å²) in [6.45, 7) is 3.77. The smallest absolute Gasteiger partial charge is 0.240 e. The first-order chi connectivity index (χ1) is 15.4. The van der Waals surface area contributed by atoms with E-state index < -0.39 is 10.0 Å². The molecule has 2 aliphatic rings. The van der Waals surface area contributed by atoms with Crippen molar-refractivity contribution in [2.24, 2.45) is 0 Å². The Morgan fingerprint density at radius 3 is 2.69 bits per heavy atom. The molecule has 0 radical (unpaired) electrons. The molecule has 2 N–H and O–H groups in total. The van der Waals surface area contributed by atoms with E-state index in [1.54, 1.807) is 6.08 Å². The SMILES string of the molecule is O=S(=O)(NCCCCCN1CCC(c2c[nH]c3ccccc23)CC1)C1=CCC(Cl)C(Cl)=C1. The molecule has 1 unspecified atom stereocenters. The number of nitrogens with one attached hydrogen (secondary N) is 2. The molecule has 0 saturated carbocycles. The number of rotatable bonds is 9. The van der Waals surface area contributed by atoms with Gasteiger partial charge in [-0.05, 0) is 75.4 Å². The van der Waals surface area contributed by atoms with E-state index in [0.717, 1.165) is 38.9 Å². The lowest BCUT2D eigenvalue weighted by atomic mass is 9.89. The molecule has 2 aromatic rings. The first-order valence-corrected chi connectivity index (χ1v) is 13.7. The van der Waals surface area contributed by atoms with E-state index in [4.69, 9.17) is 23.2 Å². The van der Waals surface area contributed by atoms with Crippen LogP contribution in [0.5, 0.6) is 0 Å². The largest absolute Gasteiger partial charge is 0.361 e. The number of nitrogens with zero attached hydrogens (tertiary/aromatic N) is 1. The standard InChI is InChI=1S/C24H31Cl2N3O2S/c25-22-9-8-19(16-23(22)26)32(30,31)28-12-4-1-5-13-29-14-10-18(11-15-29)21-17-27-24-7-3-2-6-20(21)24/h2-3,6-8,16-18,22,27-28H,1,4-5,9-15H2. The zero-order valence-corrected chi connectivity index (χ0v) is 20.5. The van der Waals surface area contributed by atoms with Crippen molar-refractivity contribution in [3.63, 3.8) is 0 Å². The van der Waals surface area contributed by atoms with Crippen LogP contribution in [0.1, 0.15) is 50.0 Å². The average molecular weight is 497 g/mol. The maximum Gasteiger partial charge on any atom is 0.240 e. The van der Waals surface area contributed by atoms with Crippen molar-refractivity contribution in [1.82, 2.24) is 14.6 Å². The molecule has 1 fully saturated rings. The highest BCUT2D eigenvalue weighted by Gasteiger charge is 2.23. The Balaban J connectivity index is 1.13. The third-order valence-corrected chi connectivity index (χ3v) is 8.89. The first-order valence-electron chi connectivity index (χ1n) is 11.4. The van der Waals surface area contributed by atoms with Gasteiger partial charge in [-0.2, -0.15) is 0 Å². The number of alkyl halides is 1. The lowest BCUT2D eigenvalue weighted by molar-refractivity contribution is 0.209. The van der Waals surface area contributed by atoms with Crippen LogP contribution in [0.15, 0.2) is 52.6 Å². The van der Waals surface area contributed by atoms with E-state index >= 15 is 0 Å². The number of hydrogen-bond donors (Lipinski definition) is 2. The van der Waals surface area contributed by atoms with Crippen molar-refractivity contribution < 1.29 is 8.42 Å². The summed E-state index contributed by atoms with van der Waals surface area (Å²) in [5.74, 6) is 0.627. The van der Waals surface area contributed by atoms with Gasteiger partial charge in [0, 0.05) is 28.7 Å². The lowest BCUT2D eigenvalue weighted by Gasteiger charge is -2.32. The van der Waals surface area contributed by atoms with Crippen LogP contribution in [-0.4, -0.2) is 49.9 Å². The van der Waals surface area contributed by atoms with E-state index in [1.807, 2.05) is 0 Å². The number of aromatic nitrogens is 1. The molecule has 1 aromatic heterocycles. The third-order valence-electron chi connectivity index (χ3n) is 6.51. The van der Waals surface area contributed by atoms with Gasteiger partial charge in [-0.1, -0.05) is 42.3 Å². The summed E-state index contributed by atoms with van der Waals surface area (Å²) in [5.41, 5.74) is 2.68. The molecule has 5 nitrogen and oxygen atoms in total. The van der Waals surface area contributed by atoms with Crippen LogP contribution in [-0.2, 0) is 10.0 Å². The second-order valence-electron chi connectivity index (χ2n) is 8.70. The van der Waals surface area contributed by atoms with Gasteiger partial charge in [-0.15, -0.1) is 11.6 Å². The summed E-state index contributed by atoms with van der Waals surface area (Å²) in [7, 11) is -3.51.